The van der Waals surface area contributed by atoms with Crippen LogP contribution >= 0.6 is 0 Å². The van der Waals surface area contributed by atoms with Crippen molar-refractivity contribution in [2.75, 3.05) is 28.0 Å². The van der Waals surface area contributed by atoms with Gasteiger partial charge >= 0.3 is 0 Å². The van der Waals surface area contributed by atoms with Crippen LogP contribution in [0.2, 0.25) is 0 Å². The summed E-state index contributed by atoms with van der Waals surface area (Å²) in [5.74, 6) is 0.0865. The zero-order valence-corrected chi connectivity index (χ0v) is 14.0. The van der Waals surface area contributed by atoms with E-state index in [-0.39, 0.29) is 11.7 Å². The molecule has 0 aromatic heterocycles. The van der Waals surface area contributed by atoms with E-state index in [9.17, 15) is 13.2 Å². The highest BCUT2D eigenvalue weighted by Crippen LogP contribution is 2.30. The molecule has 1 saturated heterocycles. The predicted molar refractivity (Wildman–Crippen MR) is 94.0 cm³/mol. The average molecular weight is 342 g/mol. The molecule has 1 fully saturated rings. The summed E-state index contributed by atoms with van der Waals surface area (Å²) in [7, 11) is -3.24. The summed E-state index contributed by atoms with van der Waals surface area (Å²) >= 11 is 0. The van der Waals surface area contributed by atoms with Gasteiger partial charge in [0.05, 0.1) is 11.4 Å². The molecule has 1 amide bonds. The Bertz CT molecular complexity index is 908. The van der Waals surface area contributed by atoms with Crippen molar-refractivity contribution in [1.29, 1.82) is 0 Å². The van der Waals surface area contributed by atoms with Crippen LogP contribution in [-0.4, -0.2) is 33.2 Å². The number of benzene rings is 2. The largest absolute Gasteiger partial charge is 0.308 e. The first-order valence-corrected chi connectivity index (χ1v) is 9.67. The van der Waals surface area contributed by atoms with Gasteiger partial charge in [-0.2, -0.15) is 0 Å². The number of carbonyl (C=O) groups excluding carboxylic acids is 1. The molecular formula is C18H18N2O3S. The van der Waals surface area contributed by atoms with Crippen LogP contribution in [0.5, 0.6) is 0 Å². The van der Waals surface area contributed by atoms with Crippen molar-refractivity contribution in [1.82, 2.24) is 0 Å². The molecule has 0 atom stereocenters. The first-order valence-electron chi connectivity index (χ1n) is 8.06. The highest BCUT2D eigenvalue weighted by molar-refractivity contribution is 7.93. The minimum atomic E-state index is -3.24. The Hall–Kier alpha value is -2.34. The Morgan fingerprint density at radius 3 is 2.62 bits per heavy atom. The van der Waals surface area contributed by atoms with Crippen molar-refractivity contribution < 1.29 is 13.2 Å². The highest BCUT2D eigenvalue weighted by Gasteiger charge is 2.30. The van der Waals surface area contributed by atoms with Crippen LogP contribution in [0.25, 0.3) is 0 Å². The van der Waals surface area contributed by atoms with Gasteiger partial charge in [0.15, 0.2) is 0 Å². The lowest BCUT2D eigenvalue weighted by molar-refractivity contribution is 0.0989. The number of rotatable bonds is 2. The summed E-state index contributed by atoms with van der Waals surface area (Å²) in [6.07, 6.45) is 1.47. The van der Waals surface area contributed by atoms with E-state index in [1.165, 1.54) is 9.87 Å². The van der Waals surface area contributed by atoms with Gasteiger partial charge in [-0.1, -0.05) is 24.3 Å². The Kier molecular flexibility index (Phi) is 3.57. The molecule has 2 aromatic rings. The molecule has 6 heteroatoms. The van der Waals surface area contributed by atoms with Crippen LogP contribution in [-0.2, 0) is 16.4 Å². The lowest BCUT2D eigenvalue weighted by Crippen LogP contribution is -2.29. The van der Waals surface area contributed by atoms with Crippen LogP contribution in [0.3, 0.4) is 0 Å². The fourth-order valence-corrected chi connectivity index (χ4v) is 4.98. The fourth-order valence-electron chi connectivity index (χ4n) is 3.43. The fraction of sp³-hybridized carbons (Fsp3) is 0.278. The van der Waals surface area contributed by atoms with E-state index in [0.717, 1.165) is 12.1 Å². The first-order chi connectivity index (χ1) is 11.6. The van der Waals surface area contributed by atoms with E-state index in [0.29, 0.717) is 30.8 Å². The van der Waals surface area contributed by atoms with Gasteiger partial charge in [0.1, 0.15) is 0 Å². The zero-order valence-electron chi connectivity index (χ0n) is 13.2. The summed E-state index contributed by atoms with van der Waals surface area (Å²) in [6.45, 7) is 1.14. The van der Waals surface area contributed by atoms with Gasteiger partial charge < -0.3 is 4.90 Å². The molecule has 0 bridgehead atoms. The van der Waals surface area contributed by atoms with E-state index in [4.69, 9.17) is 0 Å². The summed E-state index contributed by atoms with van der Waals surface area (Å²) in [4.78, 5) is 14.7. The van der Waals surface area contributed by atoms with Crippen LogP contribution in [0, 0.1) is 0 Å². The number of anilines is 2. The summed E-state index contributed by atoms with van der Waals surface area (Å²) < 4.78 is 25.6. The van der Waals surface area contributed by atoms with Crippen molar-refractivity contribution in [3.63, 3.8) is 0 Å². The van der Waals surface area contributed by atoms with Gasteiger partial charge in [0.2, 0.25) is 10.0 Å². The Morgan fingerprint density at radius 2 is 1.83 bits per heavy atom. The number of amides is 1. The van der Waals surface area contributed by atoms with Gasteiger partial charge in [-0.05, 0) is 42.7 Å². The molecule has 0 radical (unpaired) electrons. The SMILES string of the molecule is O=C(c1cccc(N2CCCS2(=O)=O)c1)N1CCc2ccccc21. The number of sulfonamides is 1. The number of nitrogens with zero attached hydrogens (tertiary/aromatic N) is 2. The first kappa shape index (κ1) is 15.2. The van der Waals surface area contributed by atoms with Crippen molar-refractivity contribution in [2.24, 2.45) is 0 Å². The van der Waals surface area contributed by atoms with Gasteiger partial charge in [-0.15, -0.1) is 0 Å². The molecule has 4 rings (SSSR count). The second kappa shape index (κ2) is 5.63. The molecule has 2 aromatic carbocycles. The van der Waals surface area contributed by atoms with Gasteiger partial charge in [-0.25, -0.2) is 8.42 Å². The second-order valence-electron chi connectivity index (χ2n) is 6.13. The molecule has 0 aliphatic carbocycles. The van der Waals surface area contributed by atoms with Crippen LogP contribution in [0.4, 0.5) is 11.4 Å². The summed E-state index contributed by atoms with van der Waals surface area (Å²) in [5, 5.41) is 0. The minimum absolute atomic E-state index is 0.0848. The average Bonchev–Trinajstić information content (AvgIpc) is 3.17. The second-order valence-corrected chi connectivity index (χ2v) is 8.14. The summed E-state index contributed by atoms with van der Waals surface area (Å²) in [5.41, 5.74) is 3.21. The number of para-hydroxylation sites is 1. The predicted octanol–water partition coefficient (Wildman–Crippen LogP) is 2.43. The molecule has 2 aliphatic heterocycles. The molecular weight excluding hydrogens is 324 g/mol. The van der Waals surface area contributed by atoms with Gasteiger partial charge in [0.25, 0.3) is 5.91 Å². The van der Waals surface area contributed by atoms with E-state index in [2.05, 4.69) is 0 Å². The number of hydrogen-bond acceptors (Lipinski definition) is 3. The lowest BCUT2D eigenvalue weighted by Gasteiger charge is -2.20. The Labute approximate surface area is 141 Å². The highest BCUT2D eigenvalue weighted by atomic mass is 32.2. The van der Waals surface area contributed by atoms with Gasteiger partial charge in [-0.3, -0.25) is 9.10 Å². The van der Waals surface area contributed by atoms with Crippen molar-refractivity contribution in [3.05, 3.63) is 59.7 Å². The Balaban J connectivity index is 1.66. The molecule has 0 unspecified atom stereocenters. The zero-order chi connectivity index (χ0) is 16.7. The van der Waals surface area contributed by atoms with Crippen molar-refractivity contribution in [3.8, 4) is 0 Å². The smallest absolute Gasteiger partial charge is 0.258 e. The van der Waals surface area contributed by atoms with E-state index in [1.54, 1.807) is 29.2 Å². The molecule has 0 N–H and O–H groups in total. The van der Waals surface area contributed by atoms with Crippen LogP contribution < -0.4 is 9.21 Å². The molecule has 2 heterocycles. The monoisotopic (exact) mass is 342 g/mol. The maximum absolute atomic E-state index is 12.9. The van der Waals surface area contributed by atoms with E-state index in [1.807, 2.05) is 24.3 Å². The molecule has 124 valence electrons. The Morgan fingerprint density at radius 1 is 1.00 bits per heavy atom. The molecule has 0 saturated carbocycles. The minimum Gasteiger partial charge on any atom is -0.308 e. The van der Waals surface area contributed by atoms with Crippen LogP contribution in [0.15, 0.2) is 48.5 Å². The maximum atomic E-state index is 12.9. The molecule has 24 heavy (non-hydrogen) atoms. The normalized spacial score (nSPS) is 18.7. The maximum Gasteiger partial charge on any atom is 0.258 e. The standard InChI is InChI=1S/C18H18N2O3S/c21-18(19-11-9-14-5-1-2-8-17(14)19)15-6-3-7-16(13-15)20-10-4-12-24(20,22)23/h1-3,5-8,13H,4,9-12H2. The number of carbonyl (C=O) groups is 1. The third-order valence-corrected chi connectivity index (χ3v) is 6.48. The van der Waals surface area contributed by atoms with Crippen molar-refractivity contribution in [2.45, 2.75) is 12.8 Å². The molecule has 2 aliphatic rings. The van der Waals surface area contributed by atoms with Gasteiger partial charge in [0, 0.05) is 24.3 Å². The quantitative estimate of drug-likeness (QED) is 0.842. The van der Waals surface area contributed by atoms with Crippen molar-refractivity contribution >= 4 is 27.3 Å². The third-order valence-electron chi connectivity index (χ3n) is 4.61. The van der Waals surface area contributed by atoms with E-state index < -0.39 is 10.0 Å². The topological polar surface area (TPSA) is 57.7 Å². The van der Waals surface area contributed by atoms with Crippen LogP contribution in [0.1, 0.15) is 22.3 Å². The molecule has 0 spiro atoms. The third kappa shape index (κ3) is 2.47. The number of hydrogen-bond donors (Lipinski definition) is 0. The summed E-state index contributed by atoms with van der Waals surface area (Å²) in [6, 6.07) is 14.8. The molecule has 5 nitrogen and oxygen atoms in total. The lowest BCUT2D eigenvalue weighted by atomic mass is 10.1. The number of fused-ring (bicyclic) bond motifs is 1. The van der Waals surface area contributed by atoms with E-state index >= 15 is 0 Å².